The lowest BCUT2D eigenvalue weighted by molar-refractivity contribution is -0.203. The topological polar surface area (TPSA) is 151 Å². The number of nitrogens with one attached hydrogen (secondary N) is 1. The third kappa shape index (κ3) is 5.61. The molecule has 3 aromatic rings. The Morgan fingerprint density at radius 1 is 0.984 bits per heavy atom. The van der Waals surface area contributed by atoms with Crippen LogP contribution >= 0.6 is 0 Å². The smallest absolute Gasteiger partial charge is 0.322 e. The lowest BCUT2D eigenvalue weighted by Gasteiger charge is -2.64. The molecule has 2 aromatic carbocycles. The highest BCUT2D eigenvalue weighted by Gasteiger charge is 2.79. The number of hydrogen-bond acceptors (Lipinski definition) is 11. The summed E-state index contributed by atoms with van der Waals surface area (Å²) in [6, 6.07) is 10.9. The van der Waals surface area contributed by atoms with Gasteiger partial charge in [-0.2, -0.15) is 0 Å². The van der Waals surface area contributed by atoms with E-state index in [1.54, 1.807) is 18.9 Å². The maximum Gasteiger partial charge on any atom is 0.322 e. The summed E-state index contributed by atoms with van der Waals surface area (Å²) in [6.45, 7) is 10.5. The average Bonchev–Trinajstić information content (AvgIpc) is 3.92. The first-order valence-electron chi connectivity index (χ1n) is 21.5. The number of amides is 1. The Hall–Kier alpha value is -4.72. The summed E-state index contributed by atoms with van der Waals surface area (Å²) in [6.07, 6.45) is 7.17. The molecule has 2 bridgehead atoms. The highest BCUT2D eigenvalue weighted by molar-refractivity contribution is 5.96. The number of anilines is 1. The molecule has 6 aliphatic rings. The van der Waals surface area contributed by atoms with Crippen molar-refractivity contribution in [1.82, 2.24) is 14.8 Å². The minimum Gasteiger partial charge on any atom is -0.496 e. The monoisotopic (exact) mass is 838 g/mol. The fourth-order valence-corrected chi connectivity index (χ4v) is 13.8. The zero-order valence-corrected chi connectivity index (χ0v) is 35.8. The molecular weight excluding hydrogens is 777 g/mol. The van der Waals surface area contributed by atoms with Crippen LogP contribution in [-0.4, -0.2) is 122 Å². The van der Waals surface area contributed by atoms with Gasteiger partial charge in [0.15, 0.2) is 0 Å². The molecule has 6 heterocycles. The average molecular weight is 839 g/mol. The van der Waals surface area contributed by atoms with Crippen LogP contribution in [0.5, 0.6) is 5.75 Å². The number of fused-ring (bicyclic) bond motifs is 6. The standard InChI is InChI=1S/C47H58N4O9.CH4/c1-8-44(56)23-29-24-47(42(55)59-7,37-31(15-19-49(25-29)26-44)30-13-10-11-14-34(30)48-37)33-21-32-35(22-36(33)57-5)51(27-52)38-43(4,41(54)58-6)40(60-28(3)53)45(9-2)16-12-18-50-20-17-46(32,38)39(45)50;/h10-14,16,21-22,27,29,38-40,48,56H,8-9,15,17-20,23-26H2,1-7H3;1H4/t29-,38+,39+,40+,43-,44+,45-,46+,47+;/m1./s1. The fourth-order valence-electron chi connectivity index (χ4n) is 13.8. The van der Waals surface area contributed by atoms with Crippen LogP contribution in [0.15, 0.2) is 48.6 Å². The van der Waals surface area contributed by atoms with Crippen molar-refractivity contribution in [3.8, 4) is 5.75 Å². The van der Waals surface area contributed by atoms with Gasteiger partial charge >= 0.3 is 17.9 Å². The number of piperidine rings is 1. The quantitative estimate of drug-likeness (QED) is 0.130. The lowest BCUT2D eigenvalue weighted by atomic mass is 9.45. The minimum atomic E-state index is -1.53. The van der Waals surface area contributed by atoms with Crippen molar-refractivity contribution in [2.24, 2.45) is 16.7 Å². The third-order valence-electron chi connectivity index (χ3n) is 15.9. The molecule has 9 rings (SSSR count). The number of rotatable bonds is 8. The first-order valence-corrected chi connectivity index (χ1v) is 21.5. The molecule has 13 nitrogen and oxygen atoms in total. The van der Waals surface area contributed by atoms with Crippen LogP contribution in [0.3, 0.4) is 0 Å². The van der Waals surface area contributed by atoms with E-state index < -0.39 is 57.3 Å². The molecule has 5 aliphatic heterocycles. The lowest BCUT2D eigenvalue weighted by Crippen LogP contribution is -2.77. The molecule has 1 spiro atoms. The van der Waals surface area contributed by atoms with Crippen molar-refractivity contribution in [2.75, 3.05) is 59.0 Å². The highest BCUT2D eigenvalue weighted by atomic mass is 16.6. The van der Waals surface area contributed by atoms with Gasteiger partial charge in [-0.1, -0.05) is 51.6 Å². The normalized spacial score (nSPS) is 35.9. The zero-order valence-electron chi connectivity index (χ0n) is 35.8. The number of para-hydroxylation sites is 1. The number of H-pyrrole nitrogens is 1. The number of aromatic amines is 1. The summed E-state index contributed by atoms with van der Waals surface area (Å²) in [7, 11) is 4.33. The van der Waals surface area contributed by atoms with Gasteiger partial charge in [0.05, 0.1) is 38.7 Å². The van der Waals surface area contributed by atoms with E-state index in [0.717, 1.165) is 34.1 Å². The number of carbonyl (C=O) groups is 4. The van der Waals surface area contributed by atoms with Gasteiger partial charge < -0.3 is 33.9 Å². The van der Waals surface area contributed by atoms with Gasteiger partial charge in [-0.15, -0.1) is 0 Å². The van der Waals surface area contributed by atoms with Gasteiger partial charge in [0.1, 0.15) is 22.7 Å². The molecule has 2 N–H and O–H groups in total. The molecule has 328 valence electrons. The van der Waals surface area contributed by atoms with Crippen molar-refractivity contribution in [2.45, 2.75) is 108 Å². The van der Waals surface area contributed by atoms with E-state index in [1.165, 1.54) is 21.1 Å². The van der Waals surface area contributed by atoms with Crippen molar-refractivity contribution in [3.63, 3.8) is 0 Å². The number of aliphatic hydroxyl groups is 1. The summed E-state index contributed by atoms with van der Waals surface area (Å²) in [5.41, 5.74) is -1.04. The van der Waals surface area contributed by atoms with E-state index in [1.807, 2.05) is 31.2 Å². The number of ether oxygens (including phenoxy) is 4. The maximum absolute atomic E-state index is 15.4. The van der Waals surface area contributed by atoms with Gasteiger partial charge in [0.25, 0.3) is 0 Å². The summed E-state index contributed by atoms with van der Waals surface area (Å²) in [4.78, 5) is 67.1. The number of nitrogens with zero attached hydrogens (tertiary/aromatic N) is 3. The van der Waals surface area contributed by atoms with E-state index in [-0.39, 0.29) is 19.4 Å². The van der Waals surface area contributed by atoms with E-state index in [2.05, 4.69) is 46.0 Å². The summed E-state index contributed by atoms with van der Waals surface area (Å²) >= 11 is 0. The van der Waals surface area contributed by atoms with Gasteiger partial charge in [-0.3, -0.25) is 29.0 Å². The van der Waals surface area contributed by atoms with Crippen molar-refractivity contribution >= 4 is 40.9 Å². The fraction of sp³-hybridized carbons (Fsp3) is 0.583. The molecular formula is C48H62N4O9. The first-order chi connectivity index (χ1) is 28.8. The van der Waals surface area contributed by atoms with Crippen LogP contribution in [0, 0.1) is 16.7 Å². The Balaban J connectivity index is 0.00000514. The number of esters is 3. The predicted molar refractivity (Wildman–Crippen MR) is 230 cm³/mol. The summed E-state index contributed by atoms with van der Waals surface area (Å²) < 4.78 is 24.3. The molecule has 10 atom stereocenters. The number of methoxy groups -OCH3 is 3. The molecule has 1 aromatic heterocycles. The predicted octanol–water partition coefficient (Wildman–Crippen LogP) is 5.43. The molecule has 1 unspecified atom stereocenters. The Labute approximate surface area is 358 Å². The summed E-state index contributed by atoms with van der Waals surface area (Å²) in [5, 5.41) is 13.0. The number of benzene rings is 2. The van der Waals surface area contributed by atoms with Crippen LogP contribution in [0.2, 0.25) is 0 Å². The zero-order chi connectivity index (χ0) is 42.6. The first kappa shape index (κ1) is 42.9. The van der Waals surface area contributed by atoms with Crippen LogP contribution in [0.1, 0.15) is 89.6 Å². The maximum atomic E-state index is 15.4. The molecule has 2 saturated heterocycles. The van der Waals surface area contributed by atoms with Gasteiger partial charge in [0, 0.05) is 78.2 Å². The van der Waals surface area contributed by atoms with Gasteiger partial charge in [0.2, 0.25) is 6.41 Å². The van der Waals surface area contributed by atoms with Crippen molar-refractivity contribution in [3.05, 3.63) is 70.9 Å². The van der Waals surface area contributed by atoms with Crippen LogP contribution in [0.4, 0.5) is 5.69 Å². The van der Waals surface area contributed by atoms with Crippen LogP contribution in [0.25, 0.3) is 10.9 Å². The van der Waals surface area contributed by atoms with E-state index >= 15 is 4.79 Å². The Morgan fingerprint density at radius 3 is 2.41 bits per heavy atom. The molecule has 61 heavy (non-hydrogen) atoms. The van der Waals surface area contributed by atoms with Crippen molar-refractivity contribution in [1.29, 1.82) is 0 Å². The molecule has 1 saturated carbocycles. The molecule has 0 radical (unpaired) electrons. The minimum absolute atomic E-state index is 0. The Kier molecular flexibility index (Phi) is 10.5. The second-order valence-electron chi connectivity index (χ2n) is 18.6. The molecule has 3 fully saturated rings. The highest BCUT2D eigenvalue weighted by Crippen LogP contribution is 2.70. The second kappa shape index (κ2) is 15.0. The van der Waals surface area contributed by atoms with E-state index in [4.69, 9.17) is 18.9 Å². The van der Waals surface area contributed by atoms with E-state index in [0.29, 0.717) is 88.2 Å². The van der Waals surface area contributed by atoms with Crippen molar-refractivity contribution < 1.29 is 43.2 Å². The number of hydrogen-bond donors (Lipinski definition) is 2. The number of carbonyl (C=O) groups excluding carboxylic acids is 4. The molecule has 1 amide bonds. The Bertz CT molecular complexity index is 2310. The Morgan fingerprint density at radius 2 is 1.74 bits per heavy atom. The van der Waals surface area contributed by atoms with Crippen LogP contribution in [-0.2, 0) is 50.6 Å². The summed E-state index contributed by atoms with van der Waals surface area (Å²) in [5.74, 6) is -1.29. The third-order valence-corrected chi connectivity index (χ3v) is 15.9. The SMILES string of the molecule is C.CC[C@]1(O)C[C@H]2CN(CCc3c([nH]c4ccccc34)[C@@](C(=O)OC)(c3cc4c(cc3OC)N(C=O)[C@H]3[C@@](C)(C(=O)OC)[C@H](OC(C)=O)[C@]5(CC)C=CCN6CC[C@]43[C@@H]65)C2)C1. The largest absolute Gasteiger partial charge is 0.496 e. The van der Waals surface area contributed by atoms with Gasteiger partial charge in [-0.25, -0.2) is 0 Å². The molecule has 1 aliphatic carbocycles. The van der Waals surface area contributed by atoms with E-state index in [9.17, 15) is 19.5 Å². The number of aromatic nitrogens is 1. The van der Waals surface area contributed by atoms with Gasteiger partial charge in [-0.05, 0) is 81.2 Å². The second-order valence-corrected chi connectivity index (χ2v) is 18.6. The van der Waals surface area contributed by atoms with Crippen LogP contribution < -0.4 is 9.64 Å². The molecule has 13 heteroatoms.